The fourth-order valence-electron chi connectivity index (χ4n) is 3.18. The molecule has 0 unspecified atom stereocenters. The van der Waals surface area contributed by atoms with Crippen LogP contribution in [0.25, 0.3) is 0 Å². The van der Waals surface area contributed by atoms with Crippen LogP contribution in [0, 0.1) is 5.82 Å². The van der Waals surface area contributed by atoms with E-state index in [2.05, 4.69) is 30.0 Å². The number of nitrogens with one attached hydrogen (secondary N) is 1. The van der Waals surface area contributed by atoms with Gasteiger partial charge in [0, 0.05) is 44.5 Å². The number of aromatic nitrogens is 2. The Kier molecular flexibility index (Phi) is 6.76. The number of anilines is 2. The van der Waals surface area contributed by atoms with E-state index in [1.807, 2.05) is 14.1 Å². The smallest absolute Gasteiger partial charge is 0.270 e. The summed E-state index contributed by atoms with van der Waals surface area (Å²) < 4.78 is 13.1. The molecule has 1 aliphatic rings. The monoisotopic (exact) mass is 386 g/mol. The van der Waals surface area contributed by atoms with Gasteiger partial charge in [-0.3, -0.25) is 4.79 Å². The van der Waals surface area contributed by atoms with E-state index in [1.54, 1.807) is 18.2 Å². The van der Waals surface area contributed by atoms with Gasteiger partial charge in [-0.05, 0) is 51.3 Å². The molecule has 1 N–H and O–H groups in total. The minimum absolute atomic E-state index is 0.174. The summed E-state index contributed by atoms with van der Waals surface area (Å²) in [5, 5.41) is 2.90. The lowest BCUT2D eigenvalue weighted by atomic mass is 10.2. The van der Waals surface area contributed by atoms with Gasteiger partial charge in [0.2, 0.25) is 0 Å². The second kappa shape index (κ2) is 9.45. The number of amides is 1. The van der Waals surface area contributed by atoms with Gasteiger partial charge in [0.15, 0.2) is 0 Å². The molecule has 1 aliphatic heterocycles. The van der Waals surface area contributed by atoms with Crippen molar-refractivity contribution < 1.29 is 9.18 Å². The molecule has 0 spiro atoms. The number of hydrogen-bond donors (Lipinski definition) is 1. The van der Waals surface area contributed by atoms with Crippen molar-refractivity contribution in [3.63, 3.8) is 0 Å². The second-order valence-corrected chi connectivity index (χ2v) is 7.12. The SMILES string of the molecule is CN(C)CCCNC(=O)c1cc(N2CCN(c3ccc(F)cc3)CC2)ncn1. The number of hydrogen-bond acceptors (Lipinski definition) is 6. The van der Waals surface area contributed by atoms with Gasteiger partial charge in [-0.2, -0.15) is 0 Å². The molecule has 1 fully saturated rings. The third-order valence-corrected chi connectivity index (χ3v) is 4.75. The van der Waals surface area contributed by atoms with Crippen molar-refractivity contribution in [3.8, 4) is 0 Å². The Labute approximate surface area is 165 Å². The van der Waals surface area contributed by atoms with Crippen LogP contribution in [0.2, 0.25) is 0 Å². The highest BCUT2D eigenvalue weighted by molar-refractivity contribution is 5.92. The highest BCUT2D eigenvalue weighted by Gasteiger charge is 2.19. The van der Waals surface area contributed by atoms with Gasteiger partial charge in [0.25, 0.3) is 5.91 Å². The van der Waals surface area contributed by atoms with Gasteiger partial charge < -0.3 is 20.0 Å². The molecular formula is C20H27FN6O. The van der Waals surface area contributed by atoms with Crippen LogP contribution in [0.4, 0.5) is 15.9 Å². The van der Waals surface area contributed by atoms with Crippen LogP contribution < -0.4 is 15.1 Å². The number of nitrogens with zero attached hydrogens (tertiary/aromatic N) is 5. The van der Waals surface area contributed by atoms with Crippen molar-refractivity contribution in [1.82, 2.24) is 20.2 Å². The maximum atomic E-state index is 13.1. The number of benzene rings is 1. The van der Waals surface area contributed by atoms with Gasteiger partial charge in [0.1, 0.15) is 23.7 Å². The molecule has 0 saturated carbocycles. The fraction of sp³-hybridized carbons (Fsp3) is 0.450. The van der Waals surface area contributed by atoms with Crippen LogP contribution in [0.1, 0.15) is 16.9 Å². The summed E-state index contributed by atoms with van der Waals surface area (Å²) in [6, 6.07) is 8.31. The zero-order valence-electron chi connectivity index (χ0n) is 16.4. The van der Waals surface area contributed by atoms with E-state index in [4.69, 9.17) is 0 Å². The van der Waals surface area contributed by atoms with Crippen LogP contribution in [-0.2, 0) is 0 Å². The van der Waals surface area contributed by atoms with Gasteiger partial charge in [-0.15, -0.1) is 0 Å². The average Bonchev–Trinajstić information content (AvgIpc) is 2.72. The largest absolute Gasteiger partial charge is 0.368 e. The molecule has 2 heterocycles. The third-order valence-electron chi connectivity index (χ3n) is 4.75. The normalized spacial score (nSPS) is 14.4. The van der Waals surface area contributed by atoms with Crippen LogP contribution in [0.3, 0.4) is 0 Å². The van der Waals surface area contributed by atoms with Gasteiger partial charge in [-0.25, -0.2) is 14.4 Å². The number of piperazine rings is 1. The summed E-state index contributed by atoms with van der Waals surface area (Å²) in [4.78, 5) is 27.2. The summed E-state index contributed by atoms with van der Waals surface area (Å²) in [5.41, 5.74) is 1.40. The Morgan fingerprint density at radius 2 is 1.79 bits per heavy atom. The molecule has 0 bridgehead atoms. The highest BCUT2D eigenvalue weighted by Crippen LogP contribution is 2.19. The minimum Gasteiger partial charge on any atom is -0.368 e. The molecule has 8 heteroatoms. The van der Waals surface area contributed by atoms with E-state index in [-0.39, 0.29) is 11.7 Å². The molecule has 1 amide bonds. The molecule has 1 aromatic carbocycles. The average molecular weight is 386 g/mol. The van der Waals surface area contributed by atoms with Crippen molar-refractivity contribution in [2.24, 2.45) is 0 Å². The summed E-state index contributed by atoms with van der Waals surface area (Å²) in [5.74, 6) is 0.357. The molecule has 2 aromatic rings. The predicted octanol–water partition coefficient (Wildman–Crippen LogP) is 1.62. The Hall–Kier alpha value is -2.74. The predicted molar refractivity (Wildman–Crippen MR) is 108 cm³/mol. The van der Waals surface area contributed by atoms with Gasteiger partial charge >= 0.3 is 0 Å². The quantitative estimate of drug-likeness (QED) is 0.730. The number of carbonyl (C=O) groups is 1. The first-order chi connectivity index (χ1) is 13.5. The molecule has 7 nitrogen and oxygen atoms in total. The number of rotatable bonds is 7. The summed E-state index contributed by atoms with van der Waals surface area (Å²) in [6.45, 7) is 4.71. The van der Waals surface area contributed by atoms with Crippen LogP contribution >= 0.6 is 0 Å². The van der Waals surface area contributed by atoms with Crippen LogP contribution in [0.15, 0.2) is 36.7 Å². The van der Waals surface area contributed by atoms with E-state index >= 15 is 0 Å². The van der Waals surface area contributed by atoms with Crippen molar-refractivity contribution in [2.45, 2.75) is 6.42 Å². The summed E-state index contributed by atoms with van der Waals surface area (Å²) in [7, 11) is 4.02. The molecule has 0 radical (unpaired) electrons. The number of carbonyl (C=O) groups excluding carboxylic acids is 1. The fourth-order valence-corrected chi connectivity index (χ4v) is 3.18. The Bertz CT molecular complexity index is 775. The first kappa shape index (κ1) is 20.0. The standard InChI is InChI=1S/C20H27FN6O/c1-25(2)9-3-8-22-20(28)18-14-19(24-15-23-18)27-12-10-26(11-13-27)17-6-4-16(21)5-7-17/h4-7,14-15H,3,8-13H2,1-2H3,(H,22,28). The van der Waals surface area contributed by atoms with Crippen LogP contribution in [-0.4, -0.2) is 74.1 Å². The van der Waals surface area contributed by atoms with E-state index < -0.39 is 0 Å². The van der Waals surface area contributed by atoms with Crippen molar-refractivity contribution >= 4 is 17.4 Å². The summed E-state index contributed by atoms with van der Waals surface area (Å²) in [6.07, 6.45) is 2.33. The van der Waals surface area contributed by atoms with Crippen molar-refractivity contribution in [2.75, 3.05) is 63.2 Å². The third kappa shape index (κ3) is 5.39. The lowest BCUT2D eigenvalue weighted by Gasteiger charge is -2.36. The molecule has 150 valence electrons. The van der Waals surface area contributed by atoms with Crippen molar-refractivity contribution in [1.29, 1.82) is 0 Å². The topological polar surface area (TPSA) is 64.6 Å². The first-order valence-electron chi connectivity index (χ1n) is 9.53. The van der Waals surface area contributed by atoms with E-state index in [1.165, 1.54) is 18.5 Å². The number of halogens is 1. The Morgan fingerprint density at radius 3 is 2.46 bits per heavy atom. The van der Waals surface area contributed by atoms with E-state index in [0.717, 1.165) is 50.6 Å². The Balaban J connectivity index is 1.54. The maximum absolute atomic E-state index is 13.1. The lowest BCUT2D eigenvalue weighted by molar-refractivity contribution is 0.0947. The van der Waals surface area contributed by atoms with Gasteiger partial charge in [0.05, 0.1) is 0 Å². The minimum atomic E-state index is -0.226. The van der Waals surface area contributed by atoms with Crippen LogP contribution in [0.5, 0.6) is 0 Å². The van der Waals surface area contributed by atoms with E-state index in [9.17, 15) is 9.18 Å². The highest BCUT2D eigenvalue weighted by atomic mass is 19.1. The van der Waals surface area contributed by atoms with E-state index in [0.29, 0.717) is 12.2 Å². The molecule has 1 aromatic heterocycles. The second-order valence-electron chi connectivity index (χ2n) is 7.12. The van der Waals surface area contributed by atoms with Crippen molar-refractivity contribution in [3.05, 3.63) is 48.2 Å². The molecule has 28 heavy (non-hydrogen) atoms. The summed E-state index contributed by atoms with van der Waals surface area (Å²) >= 11 is 0. The molecule has 0 aliphatic carbocycles. The Morgan fingerprint density at radius 1 is 1.11 bits per heavy atom. The zero-order valence-corrected chi connectivity index (χ0v) is 16.4. The lowest BCUT2D eigenvalue weighted by Crippen LogP contribution is -2.47. The molecule has 0 atom stereocenters. The molecular weight excluding hydrogens is 359 g/mol. The van der Waals surface area contributed by atoms with Gasteiger partial charge in [-0.1, -0.05) is 0 Å². The maximum Gasteiger partial charge on any atom is 0.270 e. The first-order valence-corrected chi connectivity index (χ1v) is 9.53. The molecule has 3 rings (SSSR count). The molecule has 1 saturated heterocycles. The zero-order chi connectivity index (χ0) is 19.9.